The third kappa shape index (κ3) is 3.44. The molecule has 0 bridgehead atoms. The Balaban J connectivity index is 1.64. The molecule has 110 valence electrons. The molecule has 22 heavy (non-hydrogen) atoms. The van der Waals surface area contributed by atoms with Gasteiger partial charge >= 0.3 is 0 Å². The maximum Gasteiger partial charge on any atom is 0.185 e. The molecular weight excluding hydrogens is 276 g/mol. The lowest BCUT2D eigenvalue weighted by Crippen LogP contribution is -1.94. The van der Waals surface area contributed by atoms with Crippen LogP contribution in [0.5, 0.6) is 0 Å². The summed E-state index contributed by atoms with van der Waals surface area (Å²) in [6, 6.07) is 7.41. The molecule has 0 amide bonds. The van der Waals surface area contributed by atoms with Crippen molar-refractivity contribution in [3.8, 4) is 0 Å². The number of hydrogen-bond donors (Lipinski definition) is 0. The zero-order valence-corrected chi connectivity index (χ0v) is 12.1. The van der Waals surface area contributed by atoms with Gasteiger partial charge in [-0.25, -0.2) is 0 Å². The molecule has 0 spiro atoms. The summed E-state index contributed by atoms with van der Waals surface area (Å²) in [5.41, 5.74) is 1.67. The van der Waals surface area contributed by atoms with Crippen molar-refractivity contribution in [2.45, 2.75) is 12.8 Å². The van der Waals surface area contributed by atoms with Crippen molar-refractivity contribution < 1.29 is 13.6 Å². The fraction of sp³-hybridized carbons (Fsp3) is 0.105. The highest BCUT2D eigenvalue weighted by atomic mass is 16.3. The monoisotopic (exact) mass is 292 g/mol. The highest BCUT2D eigenvalue weighted by molar-refractivity contribution is 6.11. The molecule has 0 saturated heterocycles. The van der Waals surface area contributed by atoms with Crippen molar-refractivity contribution >= 4 is 17.9 Å². The number of allylic oxidation sites excluding steroid dienone is 6. The van der Waals surface area contributed by atoms with Crippen LogP contribution < -0.4 is 0 Å². The Bertz CT molecular complexity index is 674. The summed E-state index contributed by atoms with van der Waals surface area (Å²) in [6.07, 6.45) is 15.9. The van der Waals surface area contributed by atoms with Crippen LogP contribution in [0.4, 0.5) is 0 Å². The van der Waals surface area contributed by atoms with Gasteiger partial charge in [0.25, 0.3) is 0 Å². The largest absolute Gasteiger partial charge is 0.465 e. The van der Waals surface area contributed by atoms with Crippen molar-refractivity contribution in [1.82, 2.24) is 0 Å². The lowest BCUT2D eigenvalue weighted by molar-refractivity contribution is -0.111. The molecular formula is C19H16O3. The van der Waals surface area contributed by atoms with E-state index < -0.39 is 0 Å². The van der Waals surface area contributed by atoms with E-state index >= 15 is 0 Å². The lowest BCUT2D eigenvalue weighted by atomic mass is 10.1. The van der Waals surface area contributed by atoms with E-state index in [1.165, 1.54) is 0 Å². The van der Waals surface area contributed by atoms with E-state index in [0.717, 1.165) is 35.5 Å². The molecule has 1 aliphatic rings. The first kappa shape index (κ1) is 14.1. The smallest absolute Gasteiger partial charge is 0.185 e. The highest BCUT2D eigenvalue weighted by Gasteiger charge is 2.21. The summed E-state index contributed by atoms with van der Waals surface area (Å²) in [5, 5.41) is 0. The summed E-state index contributed by atoms with van der Waals surface area (Å²) in [5.74, 6) is 1.67. The van der Waals surface area contributed by atoms with Gasteiger partial charge in [-0.3, -0.25) is 4.79 Å². The van der Waals surface area contributed by atoms with E-state index in [9.17, 15) is 4.79 Å². The second-order valence-electron chi connectivity index (χ2n) is 4.96. The third-order valence-electron chi connectivity index (χ3n) is 3.45. The molecule has 0 unspecified atom stereocenters. The Labute approximate surface area is 128 Å². The van der Waals surface area contributed by atoms with Gasteiger partial charge in [-0.15, -0.1) is 0 Å². The quantitative estimate of drug-likeness (QED) is 0.759. The van der Waals surface area contributed by atoms with E-state index in [1.54, 1.807) is 12.5 Å². The Hall–Kier alpha value is -2.81. The molecule has 3 rings (SSSR count). The normalized spacial score (nSPS) is 19.4. The van der Waals surface area contributed by atoms with Gasteiger partial charge in [0.05, 0.1) is 12.5 Å². The number of carbonyl (C=O) groups is 1. The van der Waals surface area contributed by atoms with Gasteiger partial charge < -0.3 is 8.83 Å². The van der Waals surface area contributed by atoms with Gasteiger partial charge in [0.15, 0.2) is 5.78 Å². The average Bonchev–Trinajstić information content (AvgIpc) is 3.25. The molecule has 0 aliphatic heterocycles. The summed E-state index contributed by atoms with van der Waals surface area (Å²) in [6.45, 7) is 0. The maximum atomic E-state index is 12.2. The van der Waals surface area contributed by atoms with Crippen LogP contribution in [0.25, 0.3) is 12.2 Å². The van der Waals surface area contributed by atoms with Crippen LogP contribution in [0, 0.1) is 0 Å². The van der Waals surface area contributed by atoms with Gasteiger partial charge in [-0.05, 0) is 49.3 Å². The molecule has 1 fully saturated rings. The van der Waals surface area contributed by atoms with Crippen molar-refractivity contribution in [3.05, 3.63) is 83.8 Å². The maximum absolute atomic E-state index is 12.2. The van der Waals surface area contributed by atoms with Gasteiger partial charge in [0.1, 0.15) is 11.5 Å². The molecule has 0 radical (unpaired) electrons. The van der Waals surface area contributed by atoms with Crippen molar-refractivity contribution in [2.24, 2.45) is 0 Å². The van der Waals surface area contributed by atoms with E-state index in [-0.39, 0.29) is 5.78 Å². The number of carbonyl (C=O) groups excluding carboxylic acids is 1. The molecule has 3 nitrogen and oxygen atoms in total. The van der Waals surface area contributed by atoms with Crippen molar-refractivity contribution in [2.75, 3.05) is 0 Å². The number of ketones is 1. The predicted octanol–water partition coefficient (Wildman–Crippen LogP) is 4.81. The predicted molar refractivity (Wildman–Crippen MR) is 85.9 cm³/mol. The number of furan rings is 2. The summed E-state index contributed by atoms with van der Waals surface area (Å²) >= 11 is 0. The first-order valence-corrected chi connectivity index (χ1v) is 7.19. The van der Waals surface area contributed by atoms with E-state index in [0.29, 0.717) is 0 Å². The standard InChI is InChI=1S/C19H16O3/c20-19-15(5-1-7-17-9-3-13-21-17)11-12-16(19)6-2-8-18-10-4-14-22-18/h1-10,13-14H,11-12H2. The minimum Gasteiger partial charge on any atom is -0.465 e. The average molecular weight is 292 g/mol. The summed E-state index contributed by atoms with van der Waals surface area (Å²) < 4.78 is 10.4. The Morgan fingerprint density at radius 3 is 1.73 bits per heavy atom. The molecule has 0 atom stereocenters. The zero-order valence-electron chi connectivity index (χ0n) is 12.1. The topological polar surface area (TPSA) is 43.4 Å². The van der Waals surface area contributed by atoms with E-state index in [4.69, 9.17) is 8.83 Å². The Morgan fingerprint density at radius 1 is 0.818 bits per heavy atom. The van der Waals surface area contributed by atoms with Crippen molar-refractivity contribution in [3.63, 3.8) is 0 Å². The summed E-state index contributed by atoms with van der Waals surface area (Å²) in [4.78, 5) is 12.2. The molecule has 2 aromatic heterocycles. The van der Waals surface area contributed by atoms with Crippen LogP contribution in [0.1, 0.15) is 24.4 Å². The van der Waals surface area contributed by atoms with Gasteiger partial charge in [-0.1, -0.05) is 24.3 Å². The Morgan fingerprint density at radius 2 is 1.32 bits per heavy atom. The minimum atomic E-state index is 0.119. The zero-order chi connectivity index (χ0) is 15.2. The van der Waals surface area contributed by atoms with Crippen LogP contribution in [-0.2, 0) is 4.79 Å². The second-order valence-corrected chi connectivity index (χ2v) is 4.96. The fourth-order valence-electron chi connectivity index (χ4n) is 2.31. The molecule has 2 aromatic rings. The van der Waals surface area contributed by atoms with Crippen LogP contribution in [0.2, 0.25) is 0 Å². The SMILES string of the molecule is O=C1C(=CC=Cc2ccco2)CCC1=CC=Cc1ccco1. The molecule has 0 aromatic carbocycles. The second kappa shape index (κ2) is 6.76. The number of rotatable bonds is 4. The van der Waals surface area contributed by atoms with Gasteiger partial charge in [0, 0.05) is 11.1 Å². The lowest BCUT2D eigenvalue weighted by Gasteiger charge is -1.91. The first-order chi connectivity index (χ1) is 10.8. The number of Topliss-reactive ketones (excluding diaryl/α,β-unsaturated/α-hetero) is 1. The van der Waals surface area contributed by atoms with Crippen LogP contribution >= 0.6 is 0 Å². The first-order valence-electron chi connectivity index (χ1n) is 7.19. The van der Waals surface area contributed by atoms with Crippen LogP contribution in [0.3, 0.4) is 0 Å². The van der Waals surface area contributed by atoms with Crippen molar-refractivity contribution in [1.29, 1.82) is 0 Å². The number of hydrogen-bond acceptors (Lipinski definition) is 3. The minimum absolute atomic E-state index is 0.119. The molecule has 0 N–H and O–H groups in total. The van der Waals surface area contributed by atoms with Gasteiger partial charge in [0.2, 0.25) is 0 Å². The molecule has 1 saturated carbocycles. The third-order valence-corrected chi connectivity index (χ3v) is 3.45. The van der Waals surface area contributed by atoms with Crippen LogP contribution in [0.15, 0.2) is 81.1 Å². The molecule has 1 aliphatic carbocycles. The molecule has 2 heterocycles. The highest BCUT2D eigenvalue weighted by Crippen LogP contribution is 2.26. The molecule has 3 heteroatoms. The summed E-state index contributed by atoms with van der Waals surface area (Å²) in [7, 11) is 0. The van der Waals surface area contributed by atoms with Gasteiger partial charge in [-0.2, -0.15) is 0 Å². The Kier molecular flexibility index (Phi) is 4.35. The van der Waals surface area contributed by atoms with E-state index in [1.807, 2.05) is 60.7 Å². The van der Waals surface area contributed by atoms with Crippen LogP contribution in [-0.4, -0.2) is 5.78 Å². The van der Waals surface area contributed by atoms with E-state index in [2.05, 4.69) is 0 Å². The fourth-order valence-corrected chi connectivity index (χ4v) is 2.31.